The Morgan fingerprint density at radius 3 is 2.19 bits per heavy atom. The van der Waals surface area contributed by atoms with E-state index in [4.69, 9.17) is 4.74 Å². The predicted molar refractivity (Wildman–Crippen MR) is 71.9 cm³/mol. The van der Waals surface area contributed by atoms with Gasteiger partial charge in [0.2, 0.25) is 0 Å². The molecule has 0 heterocycles. The highest BCUT2D eigenvalue weighted by Crippen LogP contribution is 2.04. The second-order valence-electron chi connectivity index (χ2n) is 5.05. The first-order chi connectivity index (χ1) is 7.70. The van der Waals surface area contributed by atoms with Gasteiger partial charge in [-0.1, -0.05) is 40.5 Å². The largest absolute Gasteiger partial charge is 0.381 e. The van der Waals surface area contributed by atoms with Crippen LogP contribution in [0.4, 0.5) is 0 Å². The molecule has 0 amide bonds. The Hall–Kier alpha value is -0.0800. The summed E-state index contributed by atoms with van der Waals surface area (Å²) in [5.41, 5.74) is 0. The van der Waals surface area contributed by atoms with Gasteiger partial charge in [0.25, 0.3) is 0 Å². The van der Waals surface area contributed by atoms with E-state index in [9.17, 15) is 0 Å². The molecule has 0 aromatic rings. The topological polar surface area (TPSA) is 21.3 Å². The van der Waals surface area contributed by atoms with Crippen molar-refractivity contribution in [3.63, 3.8) is 0 Å². The lowest BCUT2D eigenvalue weighted by Gasteiger charge is -2.17. The molecule has 0 saturated carbocycles. The van der Waals surface area contributed by atoms with Crippen LogP contribution < -0.4 is 5.32 Å². The van der Waals surface area contributed by atoms with Crippen molar-refractivity contribution in [3.05, 3.63) is 0 Å². The third kappa shape index (κ3) is 10.4. The molecule has 0 aliphatic carbocycles. The van der Waals surface area contributed by atoms with Crippen LogP contribution in [0.5, 0.6) is 0 Å². The molecule has 0 unspecified atom stereocenters. The first kappa shape index (κ1) is 15.9. The van der Waals surface area contributed by atoms with Gasteiger partial charge in [0.05, 0.1) is 0 Å². The monoisotopic (exact) mass is 229 g/mol. The average Bonchev–Trinajstić information content (AvgIpc) is 2.23. The number of hydrogen-bond donors (Lipinski definition) is 1. The molecular weight excluding hydrogens is 198 g/mol. The Bertz CT molecular complexity index is 131. The zero-order valence-corrected chi connectivity index (χ0v) is 11.7. The molecule has 0 fully saturated rings. The maximum Gasteiger partial charge on any atom is 0.0489 e. The highest BCUT2D eigenvalue weighted by atomic mass is 16.5. The Kier molecular flexibility index (Phi) is 11.3. The molecule has 98 valence electrons. The van der Waals surface area contributed by atoms with Gasteiger partial charge in [0.15, 0.2) is 0 Å². The first-order valence-corrected chi connectivity index (χ1v) is 7.01. The second-order valence-corrected chi connectivity index (χ2v) is 5.05. The van der Waals surface area contributed by atoms with Gasteiger partial charge in [-0.2, -0.15) is 0 Å². The normalized spacial score (nSPS) is 11.6. The van der Waals surface area contributed by atoms with Crippen LogP contribution in [0.3, 0.4) is 0 Å². The van der Waals surface area contributed by atoms with Gasteiger partial charge in [0, 0.05) is 19.3 Å². The number of ether oxygens (including phenoxy) is 1. The van der Waals surface area contributed by atoms with Crippen LogP contribution in [-0.4, -0.2) is 25.8 Å². The Morgan fingerprint density at radius 1 is 1.06 bits per heavy atom. The van der Waals surface area contributed by atoms with Gasteiger partial charge in [-0.25, -0.2) is 0 Å². The third-order valence-corrected chi connectivity index (χ3v) is 2.62. The van der Waals surface area contributed by atoms with Gasteiger partial charge < -0.3 is 10.1 Å². The van der Waals surface area contributed by atoms with Crippen LogP contribution in [0.15, 0.2) is 0 Å². The van der Waals surface area contributed by atoms with Crippen molar-refractivity contribution in [3.8, 4) is 0 Å². The van der Waals surface area contributed by atoms with Crippen molar-refractivity contribution in [1.82, 2.24) is 5.32 Å². The molecule has 0 saturated heterocycles. The molecule has 0 rings (SSSR count). The molecule has 2 nitrogen and oxygen atoms in total. The van der Waals surface area contributed by atoms with Crippen molar-refractivity contribution in [2.24, 2.45) is 5.92 Å². The van der Waals surface area contributed by atoms with Crippen LogP contribution in [-0.2, 0) is 4.74 Å². The van der Waals surface area contributed by atoms with E-state index < -0.39 is 0 Å². The number of nitrogens with one attached hydrogen (secondary N) is 1. The summed E-state index contributed by atoms with van der Waals surface area (Å²) in [6, 6.07) is 0.722. The van der Waals surface area contributed by atoms with E-state index in [1.54, 1.807) is 0 Å². The smallest absolute Gasteiger partial charge is 0.0489 e. The van der Waals surface area contributed by atoms with Crippen molar-refractivity contribution in [2.45, 2.75) is 65.8 Å². The van der Waals surface area contributed by atoms with Gasteiger partial charge >= 0.3 is 0 Å². The standard InChI is InChI=1S/C14H31NO/c1-5-8-14(9-6-2)15-10-7-11-16-12-13(3)4/h13-15H,5-12H2,1-4H3. The zero-order valence-electron chi connectivity index (χ0n) is 11.7. The van der Waals surface area contributed by atoms with Crippen molar-refractivity contribution in [2.75, 3.05) is 19.8 Å². The highest BCUT2D eigenvalue weighted by Gasteiger charge is 2.04. The van der Waals surface area contributed by atoms with Crippen LogP contribution in [0.25, 0.3) is 0 Å². The van der Waals surface area contributed by atoms with E-state index in [2.05, 4.69) is 33.0 Å². The van der Waals surface area contributed by atoms with Gasteiger partial charge in [-0.3, -0.25) is 0 Å². The quantitative estimate of drug-likeness (QED) is 0.547. The van der Waals surface area contributed by atoms with Crippen LogP contribution >= 0.6 is 0 Å². The van der Waals surface area contributed by atoms with Gasteiger partial charge in [-0.15, -0.1) is 0 Å². The van der Waals surface area contributed by atoms with E-state index in [1.807, 2.05) is 0 Å². The fraction of sp³-hybridized carbons (Fsp3) is 1.00. The van der Waals surface area contributed by atoms with Crippen molar-refractivity contribution < 1.29 is 4.74 Å². The van der Waals surface area contributed by atoms with E-state index in [0.717, 1.165) is 32.2 Å². The van der Waals surface area contributed by atoms with E-state index in [-0.39, 0.29) is 0 Å². The van der Waals surface area contributed by atoms with Crippen molar-refractivity contribution >= 4 is 0 Å². The molecule has 0 atom stereocenters. The summed E-state index contributed by atoms with van der Waals surface area (Å²) in [4.78, 5) is 0. The maximum atomic E-state index is 5.56. The predicted octanol–water partition coefficient (Wildman–Crippen LogP) is 3.61. The summed E-state index contributed by atoms with van der Waals surface area (Å²) in [7, 11) is 0. The molecule has 0 bridgehead atoms. The second kappa shape index (κ2) is 11.4. The molecule has 2 heteroatoms. The summed E-state index contributed by atoms with van der Waals surface area (Å²) in [6.07, 6.45) is 6.31. The summed E-state index contributed by atoms with van der Waals surface area (Å²) >= 11 is 0. The van der Waals surface area contributed by atoms with Gasteiger partial charge in [-0.05, 0) is 31.7 Å². The molecule has 0 radical (unpaired) electrons. The fourth-order valence-corrected chi connectivity index (χ4v) is 1.84. The minimum atomic E-state index is 0.654. The minimum absolute atomic E-state index is 0.654. The Balaban J connectivity index is 3.32. The zero-order chi connectivity index (χ0) is 12.2. The summed E-state index contributed by atoms with van der Waals surface area (Å²) in [5.74, 6) is 0.654. The number of hydrogen-bond acceptors (Lipinski definition) is 2. The Labute approximate surface area is 102 Å². The molecule has 0 aromatic heterocycles. The fourth-order valence-electron chi connectivity index (χ4n) is 1.84. The van der Waals surface area contributed by atoms with Gasteiger partial charge in [0.1, 0.15) is 0 Å². The summed E-state index contributed by atoms with van der Waals surface area (Å²) in [5, 5.41) is 3.63. The number of rotatable bonds is 11. The van der Waals surface area contributed by atoms with E-state index in [0.29, 0.717) is 5.92 Å². The Morgan fingerprint density at radius 2 is 1.69 bits per heavy atom. The lowest BCUT2D eigenvalue weighted by Crippen LogP contribution is -2.30. The molecular formula is C14H31NO. The van der Waals surface area contributed by atoms with E-state index >= 15 is 0 Å². The lowest BCUT2D eigenvalue weighted by molar-refractivity contribution is 0.107. The minimum Gasteiger partial charge on any atom is -0.381 e. The van der Waals surface area contributed by atoms with Crippen LogP contribution in [0.2, 0.25) is 0 Å². The highest BCUT2D eigenvalue weighted by molar-refractivity contribution is 4.65. The summed E-state index contributed by atoms with van der Waals surface area (Å²) in [6.45, 7) is 11.8. The average molecular weight is 229 g/mol. The maximum absolute atomic E-state index is 5.56. The molecule has 0 aromatic carbocycles. The van der Waals surface area contributed by atoms with Crippen LogP contribution in [0, 0.1) is 5.92 Å². The van der Waals surface area contributed by atoms with Crippen molar-refractivity contribution in [1.29, 1.82) is 0 Å². The SMILES string of the molecule is CCCC(CCC)NCCCOCC(C)C. The first-order valence-electron chi connectivity index (χ1n) is 7.01. The summed E-state index contributed by atoms with van der Waals surface area (Å²) < 4.78 is 5.56. The molecule has 1 N–H and O–H groups in total. The third-order valence-electron chi connectivity index (χ3n) is 2.62. The lowest BCUT2D eigenvalue weighted by atomic mass is 10.1. The molecule has 0 spiro atoms. The molecule has 0 aliphatic rings. The molecule has 16 heavy (non-hydrogen) atoms. The van der Waals surface area contributed by atoms with Crippen LogP contribution in [0.1, 0.15) is 59.8 Å². The van der Waals surface area contributed by atoms with E-state index in [1.165, 1.54) is 25.7 Å². The molecule has 0 aliphatic heterocycles.